The van der Waals surface area contributed by atoms with E-state index >= 15 is 0 Å². The Labute approximate surface area is 136 Å². The third-order valence-corrected chi connectivity index (χ3v) is 4.15. The first kappa shape index (κ1) is 14.4. The maximum absolute atomic E-state index is 12.4. The van der Waals surface area contributed by atoms with Gasteiger partial charge in [-0.15, -0.1) is 0 Å². The summed E-state index contributed by atoms with van der Waals surface area (Å²) in [6, 6.07) is 13.2. The zero-order chi connectivity index (χ0) is 15.0. The van der Waals surface area contributed by atoms with Gasteiger partial charge in [-0.25, -0.2) is 0 Å². The number of rotatable bonds is 2. The van der Waals surface area contributed by atoms with Crippen LogP contribution in [0.3, 0.4) is 0 Å². The van der Waals surface area contributed by atoms with Crippen LogP contribution >= 0.6 is 27.5 Å². The number of hydrogen-bond acceptors (Lipinski definition) is 2. The summed E-state index contributed by atoms with van der Waals surface area (Å²) in [5, 5.41) is 0.584. The molecule has 2 aromatic carbocycles. The van der Waals surface area contributed by atoms with Crippen molar-refractivity contribution in [2.75, 3.05) is 4.90 Å². The van der Waals surface area contributed by atoms with Crippen LogP contribution in [0.15, 0.2) is 46.9 Å². The molecule has 3 nitrogen and oxygen atoms in total. The van der Waals surface area contributed by atoms with E-state index in [2.05, 4.69) is 15.9 Å². The summed E-state index contributed by atoms with van der Waals surface area (Å²) in [6.45, 7) is 2.25. The lowest BCUT2D eigenvalue weighted by molar-refractivity contribution is -0.125. The second-order valence-corrected chi connectivity index (χ2v) is 6.28. The molecule has 1 heterocycles. The first-order chi connectivity index (χ1) is 10.0. The number of carbonyl (C=O) groups excluding carboxylic acids is 1. The van der Waals surface area contributed by atoms with Gasteiger partial charge in [-0.2, -0.15) is 0 Å². The van der Waals surface area contributed by atoms with Gasteiger partial charge in [0.05, 0.1) is 12.2 Å². The van der Waals surface area contributed by atoms with Crippen molar-refractivity contribution in [3.8, 4) is 5.75 Å². The van der Waals surface area contributed by atoms with E-state index in [1.165, 1.54) is 0 Å². The summed E-state index contributed by atoms with van der Waals surface area (Å²) < 4.78 is 6.64. The number of nitrogens with zero attached hydrogens (tertiary/aromatic N) is 1. The fourth-order valence-corrected chi connectivity index (χ4v) is 2.75. The molecule has 0 fully saturated rings. The van der Waals surface area contributed by atoms with Gasteiger partial charge in [0.15, 0.2) is 6.10 Å². The molecule has 21 heavy (non-hydrogen) atoms. The molecule has 1 unspecified atom stereocenters. The Balaban J connectivity index is 1.98. The van der Waals surface area contributed by atoms with Crippen molar-refractivity contribution in [2.24, 2.45) is 0 Å². The van der Waals surface area contributed by atoms with E-state index < -0.39 is 6.10 Å². The number of fused-ring (bicyclic) bond motifs is 1. The molecule has 0 bridgehead atoms. The zero-order valence-corrected chi connectivity index (χ0v) is 13.7. The summed E-state index contributed by atoms with van der Waals surface area (Å²) in [7, 11) is 0. The maximum atomic E-state index is 12.4. The average molecular weight is 367 g/mol. The molecule has 108 valence electrons. The third-order valence-electron chi connectivity index (χ3n) is 3.38. The van der Waals surface area contributed by atoms with Crippen LogP contribution in [0.1, 0.15) is 12.5 Å². The molecule has 0 aliphatic carbocycles. The molecule has 5 heteroatoms. The fourth-order valence-electron chi connectivity index (χ4n) is 2.32. The number of benzene rings is 2. The highest BCUT2D eigenvalue weighted by Crippen LogP contribution is 2.37. The normalized spacial score (nSPS) is 17.4. The number of carbonyl (C=O) groups is 1. The lowest BCUT2D eigenvalue weighted by Gasteiger charge is -2.33. The van der Waals surface area contributed by atoms with Crippen LogP contribution in [-0.4, -0.2) is 12.0 Å². The van der Waals surface area contributed by atoms with Crippen LogP contribution in [0.4, 0.5) is 5.69 Å². The molecule has 1 aliphatic heterocycles. The van der Waals surface area contributed by atoms with Crippen molar-refractivity contribution in [1.29, 1.82) is 0 Å². The number of halogens is 2. The molecular formula is C16H13BrClNO2. The number of anilines is 1. The number of amides is 1. The predicted molar refractivity (Wildman–Crippen MR) is 86.9 cm³/mol. The predicted octanol–water partition coefficient (Wildman–Crippen LogP) is 4.42. The van der Waals surface area contributed by atoms with E-state index in [9.17, 15) is 4.79 Å². The quantitative estimate of drug-likeness (QED) is 0.787. The summed E-state index contributed by atoms with van der Waals surface area (Å²) in [5.41, 5.74) is 1.76. The standard InChI is InChI=1S/C16H13BrClNO2/c1-10-16(20)19(9-11-2-4-12(17)5-3-11)14-8-13(18)6-7-15(14)21-10/h2-8,10H,9H2,1H3. The SMILES string of the molecule is CC1Oc2ccc(Cl)cc2N(Cc2ccc(Br)cc2)C1=O. The summed E-state index contributed by atoms with van der Waals surface area (Å²) in [5.74, 6) is 0.622. The Morgan fingerprint density at radius 1 is 1.24 bits per heavy atom. The summed E-state index contributed by atoms with van der Waals surface area (Å²) in [6.07, 6.45) is -0.492. The Bertz CT molecular complexity index is 687. The minimum absolute atomic E-state index is 0.0623. The van der Waals surface area contributed by atoms with Gasteiger partial charge in [-0.05, 0) is 42.8 Å². The van der Waals surface area contributed by atoms with Crippen molar-refractivity contribution in [3.63, 3.8) is 0 Å². The van der Waals surface area contributed by atoms with Gasteiger partial charge >= 0.3 is 0 Å². The second-order valence-electron chi connectivity index (χ2n) is 4.92. The number of ether oxygens (including phenoxy) is 1. The first-order valence-corrected chi connectivity index (χ1v) is 7.74. The lowest BCUT2D eigenvalue weighted by atomic mass is 10.1. The third kappa shape index (κ3) is 2.92. The van der Waals surface area contributed by atoms with E-state index in [0.717, 1.165) is 10.0 Å². The minimum Gasteiger partial charge on any atom is -0.479 e. The highest BCUT2D eigenvalue weighted by atomic mass is 79.9. The Morgan fingerprint density at radius 2 is 1.95 bits per heavy atom. The molecule has 1 atom stereocenters. The molecule has 1 aliphatic rings. The molecule has 3 rings (SSSR count). The van der Waals surface area contributed by atoms with Crippen LogP contribution in [0.2, 0.25) is 5.02 Å². The van der Waals surface area contributed by atoms with E-state index in [4.69, 9.17) is 16.3 Å². The molecule has 0 radical (unpaired) electrons. The van der Waals surface area contributed by atoms with Crippen LogP contribution in [0.5, 0.6) is 5.75 Å². The molecule has 0 saturated heterocycles. The van der Waals surface area contributed by atoms with Crippen LogP contribution in [0.25, 0.3) is 0 Å². The largest absolute Gasteiger partial charge is 0.479 e. The van der Waals surface area contributed by atoms with Crippen molar-refractivity contribution >= 4 is 39.1 Å². The van der Waals surface area contributed by atoms with E-state index in [-0.39, 0.29) is 5.91 Å². The Morgan fingerprint density at radius 3 is 2.67 bits per heavy atom. The molecule has 0 N–H and O–H groups in total. The highest BCUT2D eigenvalue weighted by molar-refractivity contribution is 9.10. The smallest absolute Gasteiger partial charge is 0.268 e. The summed E-state index contributed by atoms with van der Waals surface area (Å²) >= 11 is 9.46. The van der Waals surface area contributed by atoms with Crippen LogP contribution in [0, 0.1) is 0 Å². The van der Waals surface area contributed by atoms with Gasteiger partial charge < -0.3 is 9.64 Å². The maximum Gasteiger partial charge on any atom is 0.268 e. The number of hydrogen-bond donors (Lipinski definition) is 0. The first-order valence-electron chi connectivity index (χ1n) is 6.56. The van der Waals surface area contributed by atoms with E-state index in [1.54, 1.807) is 30.0 Å². The molecule has 0 saturated carbocycles. The van der Waals surface area contributed by atoms with Crippen molar-refractivity contribution < 1.29 is 9.53 Å². The van der Waals surface area contributed by atoms with Crippen LogP contribution < -0.4 is 9.64 Å². The van der Waals surface area contributed by atoms with Gasteiger partial charge in [0.25, 0.3) is 5.91 Å². The van der Waals surface area contributed by atoms with Gasteiger partial charge in [-0.3, -0.25) is 4.79 Å². The molecular weight excluding hydrogens is 354 g/mol. The van der Waals surface area contributed by atoms with Crippen molar-refractivity contribution in [1.82, 2.24) is 0 Å². The molecule has 0 aromatic heterocycles. The average Bonchev–Trinajstić information content (AvgIpc) is 2.47. The second kappa shape index (κ2) is 5.70. The van der Waals surface area contributed by atoms with Crippen molar-refractivity contribution in [3.05, 3.63) is 57.5 Å². The topological polar surface area (TPSA) is 29.5 Å². The zero-order valence-electron chi connectivity index (χ0n) is 11.3. The van der Waals surface area contributed by atoms with Gasteiger partial charge in [-0.1, -0.05) is 39.7 Å². The fraction of sp³-hybridized carbons (Fsp3) is 0.188. The monoisotopic (exact) mass is 365 g/mol. The Kier molecular flexibility index (Phi) is 3.91. The van der Waals surface area contributed by atoms with Gasteiger partial charge in [0.1, 0.15) is 5.75 Å². The summed E-state index contributed by atoms with van der Waals surface area (Å²) in [4.78, 5) is 14.1. The molecule has 0 spiro atoms. The highest BCUT2D eigenvalue weighted by Gasteiger charge is 2.31. The minimum atomic E-state index is -0.492. The van der Waals surface area contributed by atoms with E-state index in [0.29, 0.717) is 23.0 Å². The molecule has 2 aromatic rings. The van der Waals surface area contributed by atoms with E-state index in [1.807, 2.05) is 24.3 Å². The Hall–Kier alpha value is -1.52. The van der Waals surface area contributed by atoms with Gasteiger partial charge in [0, 0.05) is 9.50 Å². The lowest BCUT2D eigenvalue weighted by Crippen LogP contribution is -2.43. The molecule has 1 amide bonds. The van der Waals surface area contributed by atoms with Crippen molar-refractivity contribution in [2.45, 2.75) is 19.6 Å². The van der Waals surface area contributed by atoms with Crippen LogP contribution in [-0.2, 0) is 11.3 Å². The van der Waals surface area contributed by atoms with Gasteiger partial charge in [0.2, 0.25) is 0 Å².